The van der Waals surface area contributed by atoms with Gasteiger partial charge in [-0.1, -0.05) is 6.92 Å². The minimum absolute atomic E-state index is 0.138. The zero-order valence-electron chi connectivity index (χ0n) is 10.8. The number of carbonyl (C=O) groups excluding carboxylic acids is 1. The molecule has 1 N–H and O–H groups in total. The molecule has 1 aromatic rings. The molecule has 2 heterocycles. The number of rotatable bonds is 5. The second kappa shape index (κ2) is 6.70. The first kappa shape index (κ1) is 13.3. The SMILES string of the molecule is CCCNC(=O)CN1CCN(c2nccs2)CC1. The summed E-state index contributed by atoms with van der Waals surface area (Å²) >= 11 is 1.67. The molecule has 0 aromatic carbocycles. The highest BCUT2D eigenvalue weighted by atomic mass is 32.1. The Hall–Kier alpha value is -1.14. The average molecular weight is 268 g/mol. The molecule has 0 bridgehead atoms. The molecule has 1 saturated heterocycles. The number of nitrogens with zero attached hydrogens (tertiary/aromatic N) is 3. The molecule has 2 rings (SSSR count). The fourth-order valence-corrected chi connectivity index (χ4v) is 2.69. The van der Waals surface area contributed by atoms with Crippen LogP contribution in [0.3, 0.4) is 0 Å². The van der Waals surface area contributed by atoms with Crippen molar-refractivity contribution in [2.24, 2.45) is 0 Å². The van der Waals surface area contributed by atoms with Crippen LogP contribution in [0.1, 0.15) is 13.3 Å². The van der Waals surface area contributed by atoms with Crippen LogP contribution in [0, 0.1) is 0 Å². The van der Waals surface area contributed by atoms with E-state index in [9.17, 15) is 4.79 Å². The number of amides is 1. The molecule has 0 unspecified atom stereocenters. The van der Waals surface area contributed by atoms with Crippen molar-refractivity contribution in [1.82, 2.24) is 15.2 Å². The Balaban J connectivity index is 1.72. The Morgan fingerprint density at radius 1 is 1.44 bits per heavy atom. The summed E-state index contributed by atoms with van der Waals surface area (Å²) in [6.45, 7) is 7.12. The van der Waals surface area contributed by atoms with Crippen LogP contribution in [0.5, 0.6) is 0 Å². The summed E-state index contributed by atoms with van der Waals surface area (Å²) in [6, 6.07) is 0. The number of piperazine rings is 1. The van der Waals surface area contributed by atoms with E-state index in [0.717, 1.165) is 44.3 Å². The van der Waals surface area contributed by atoms with Crippen LogP contribution < -0.4 is 10.2 Å². The normalized spacial score (nSPS) is 16.8. The Morgan fingerprint density at radius 2 is 2.22 bits per heavy atom. The van der Waals surface area contributed by atoms with Gasteiger partial charge < -0.3 is 10.2 Å². The molecule has 100 valence electrons. The quantitative estimate of drug-likeness (QED) is 0.858. The van der Waals surface area contributed by atoms with Crippen LogP contribution in [0.4, 0.5) is 5.13 Å². The summed E-state index contributed by atoms with van der Waals surface area (Å²) in [7, 11) is 0. The van der Waals surface area contributed by atoms with Crippen molar-refractivity contribution in [1.29, 1.82) is 0 Å². The number of nitrogens with one attached hydrogen (secondary N) is 1. The van der Waals surface area contributed by atoms with Crippen molar-refractivity contribution in [3.8, 4) is 0 Å². The third-order valence-corrected chi connectivity index (χ3v) is 3.83. The van der Waals surface area contributed by atoms with Gasteiger partial charge in [0, 0.05) is 44.3 Å². The Labute approximate surface area is 112 Å². The summed E-state index contributed by atoms with van der Waals surface area (Å²) in [5, 5.41) is 6.00. The molecular weight excluding hydrogens is 248 g/mol. The molecule has 6 heteroatoms. The number of aromatic nitrogens is 1. The Morgan fingerprint density at radius 3 is 2.83 bits per heavy atom. The van der Waals surface area contributed by atoms with E-state index in [2.05, 4.69) is 27.0 Å². The fourth-order valence-electron chi connectivity index (χ4n) is 1.99. The highest BCUT2D eigenvalue weighted by Gasteiger charge is 2.19. The van der Waals surface area contributed by atoms with Crippen molar-refractivity contribution < 1.29 is 4.79 Å². The highest BCUT2D eigenvalue weighted by molar-refractivity contribution is 7.13. The molecule has 0 spiro atoms. The fraction of sp³-hybridized carbons (Fsp3) is 0.667. The first-order chi connectivity index (χ1) is 8.79. The molecule has 1 aromatic heterocycles. The van der Waals surface area contributed by atoms with Gasteiger partial charge in [-0.05, 0) is 6.42 Å². The second-order valence-corrected chi connectivity index (χ2v) is 5.30. The summed E-state index contributed by atoms with van der Waals surface area (Å²) in [5.41, 5.74) is 0. The van der Waals surface area contributed by atoms with Gasteiger partial charge in [0.1, 0.15) is 0 Å². The van der Waals surface area contributed by atoms with Gasteiger partial charge in [0.25, 0.3) is 0 Å². The lowest BCUT2D eigenvalue weighted by Crippen LogP contribution is -2.49. The van der Waals surface area contributed by atoms with Crippen LogP contribution in [0.2, 0.25) is 0 Å². The van der Waals surface area contributed by atoms with Gasteiger partial charge in [0.15, 0.2) is 5.13 Å². The van der Waals surface area contributed by atoms with E-state index >= 15 is 0 Å². The minimum atomic E-state index is 0.138. The standard InChI is InChI=1S/C12H20N4OS/c1-2-3-13-11(17)10-15-5-7-16(8-6-15)12-14-4-9-18-12/h4,9H,2-3,5-8,10H2,1H3,(H,13,17). The molecule has 1 aliphatic rings. The highest BCUT2D eigenvalue weighted by Crippen LogP contribution is 2.18. The average Bonchev–Trinajstić information content (AvgIpc) is 2.91. The van der Waals surface area contributed by atoms with E-state index < -0.39 is 0 Å². The van der Waals surface area contributed by atoms with Gasteiger partial charge in [0.05, 0.1) is 6.54 Å². The van der Waals surface area contributed by atoms with Gasteiger partial charge in [-0.15, -0.1) is 11.3 Å². The van der Waals surface area contributed by atoms with Crippen molar-refractivity contribution in [3.05, 3.63) is 11.6 Å². The van der Waals surface area contributed by atoms with E-state index in [-0.39, 0.29) is 5.91 Å². The van der Waals surface area contributed by atoms with E-state index in [4.69, 9.17) is 0 Å². The van der Waals surface area contributed by atoms with Crippen molar-refractivity contribution in [2.75, 3.05) is 44.2 Å². The van der Waals surface area contributed by atoms with Gasteiger partial charge in [-0.25, -0.2) is 4.98 Å². The molecule has 18 heavy (non-hydrogen) atoms. The van der Waals surface area contributed by atoms with E-state index in [1.54, 1.807) is 11.3 Å². The van der Waals surface area contributed by atoms with E-state index in [0.29, 0.717) is 6.54 Å². The third kappa shape index (κ3) is 3.68. The van der Waals surface area contributed by atoms with Crippen LogP contribution in [-0.4, -0.2) is 55.1 Å². The number of carbonyl (C=O) groups is 1. The topological polar surface area (TPSA) is 48.5 Å². The Kier molecular flexibility index (Phi) is 4.95. The molecule has 0 radical (unpaired) electrons. The van der Waals surface area contributed by atoms with E-state index in [1.165, 1.54) is 0 Å². The van der Waals surface area contributed by atoms with Crippen molar-refractivity contribution in [3.63, 3.8) is 0 Å². The predicted octanol–water partition coefficient (Wildman–Crippen LogP) is 0.791. The van der Waals surface area contributed by atoms with Crippen LogP contribution in [-0.2, 0) is 4.79 Å². The smallest absolute Gasteiger partial charge is 0.234 e. The van der Waals surface area contributed by atoms with Gasteiger partial charge in [0.2, 0.25) is 5.91 Å². The van der Waals surface area contributed by atoms with Crippen LogP contribution >= 0.6 is 11.3 Å². The van der Waals surface area contributed by atoms with Crippen LogP contribution in [0.15, 0.2) is 11.6 Å². The molecule has 1 amide bonds. The first-order valence-corrected chi connectivity index (χ1v) is 7.31. The van der Waals surface area contributed by atoms with Gasteiger partial charge in [-0.3, -0.25) is 9.69 Å². The van der Waals surface area contributed by atoms with E-state index in [1.807, 2.05) is 11.6 Å². The summed E-state index contributed by atoms with van der Waals surface area (Å²) < 4.78 is 0. The zero-order chi connectivity index (χ0) is 12.8. The monoisotopic (exact) mass is 268 g/mol. The van der Waals surface area contributed by atoms with Crippen molar-refractivity contribution >= 4 is 22.4 Å². The number of hydrogen-bond donors (Lipinski definition) is 1. The largest absolute Gasteiger partial charge is 0.355 e. The maximum Gasteiger partial charge on any atom is 0.234 e. The first-order valence-electron chi connectivity index (χ1n) is 6.43. The molecule has 0 saturated carbocycles. The van der Waals surface area contributed by atoms with Crippen LogP contribution in [0.25, 0.3) is 0 Å². The van der Waals surface area contributed by atoms with Crippen molar-refractivity contribution in [2.45, 2.75) is 13.3 Å². The lowest BCUT2D eigenvalue weighted by Gasteiger charge is -2.34. The maximum atomic E-state index is 11.6. The summed E-state index contributed by atoms with van der Waals surface area (Å²) in [6.07, 6.45) is 2.83. The zero-order valence-corrected chi connectivity index (χ0v) is 11.6. The summed E-state index contributed by atoms with van der Waals surface area (Å²) in [4.78, 5) is 20.4. The number of anilines is 1. The lowest BCUT2D eigenvalue weighted by atomic mass is 10.3. The molecule has 1 fully saturated rings. The maximum absolute atomic E-state index is 11.6. The molecule has 5 nitrogen and oxygen atoms in total. The summed E-state index contributed by atoms with van der Waals surface area (Å²) in [5.74, 6) is 0.138. The lowest BCUT2D eigenvalue weighted by molar-refractivity contribution is -0.122. The third-order valence-electron chi connectivity index (χ3n) is 3.00. The molecular formula is C12H20N4OS. The van der Waals surface area contributed by atoms with Gasteiger partial charge >= 0.3 is 0 Å². The number of hydrogen-bond acceptors (Lipinski definition) is 5. The molecule has 0 atom stereocenters. The Bertz CT molecular complexity index is 360. The molecule has 1 aliphatic heterocycles. The predicted molar refractivity (Wildman–Crippen MR) is 74.1 cm³/mol. The molecule has 0 aliphatic carbocycles. The number of thiazole rings is 1. The van der Waals surface area contributed by atoms with Gasteiger partial charge in [-0.2, -0.15) is 0 Å². The second-order valence-electron chi connectivity index (χ2n) is 4.43. The minimum Gasteiger partial charge on any atom is -0.355 e.